The molecule has 5 heteroatoms. The van der Waals surface area contributed by atoms with Gasteiger partial charge in [0.1, 0.15) is 0 Å². The van der Waals surface area contributed by atoms with Gasteiger partial charge in [-0.2, -0.15) is 0 Å². The predicted octanol–water partition coefficient (Wildman–Crippen LogP) is 1.55. The van der Waals surface area contributed by atoms with Gasteiger partial charge in [-0.25, -0.2) is 0 Å². The van der Waals surface area contributed by atoms with Crippen molar-refractivity contribution >= 4 is 0 Å². The first-order valence-corrected chi connectivity index (χ1v) is 11.0. The first-order chi connectivity index (χ1) is 12.6. The van der Waals surface area contributed by atoms with Crippen molar-refractivity contribution in [3.63, 3.8) is 0 Å². The van der Waals surface area contributed by atoms with Crippen LogP contribution in [0.4, 0.5) is 0 Å². The predicted molar refractivity (Wildman–Crippen MR) is 102 cm³/mol. The zero-order valence-electron chi connectivity index (χ0n) is 17.0. The third-order valence-electron chi connectivity index (χ3n) is 9.73. The van der Waals surface area contributed by atoms with Crippen LogP contribution in [0.1, 0.15) is 59.3 Å². The molecule has 27 heavy (non-hydrogen) atoms. The molecule has 0 heterocycles. The highest BCUT2D eigenvalue weighted by atomic mass is 16.3. The summed E-state index contributed by atoms with van der Waals surface area (Å²) in [6, 6.07) is 0. The monoisotopic (exact) mass is 382 g/mol. The maximum absolute atomic E-state index is 11.1. The molecule has 12 atom stereocenters. The number of rotatable bonds is 2. The van der Waals surface area contributed by atoms with Crippen LogP contribution >= 0.6 is 0 Å². The summed E-state index contributed by atoms with van der Waals surface area (Å²) in [4.78, 5) is 0. The fourth-order valence-electron chi connectivity index (χ4n) is 8.50. The van der Waals surface area contributed by atoms with Gasteiger partial charge in [-0.05, 0) is 84.9 Å². The topological polar surface area (TPSA) is 101 Å². The molecule has 0 aromatic rings. The van der Waals surface area contributed by atoms with Gasteiger partial charge in [0.2, 0.25) is 0 Å². The Morgan fingerprint density at radius 2 is 1.63 bits per heavy atom. The number of hydrogen-bond donors (Lipinski definition) is 5. The maximum Gasteiger partial charge on any atom is 0.0838 e. The molecule has 0 spiro atoms. The number of hydrogen-bond acceptors (Lipinski definition) is 5. The Hall–Kier alpha value is -0.200. The minimum atomic E-state index is -0.773. The lowest BCUT2D eigenvalue weighted by atomic mass is 9.44. The Morgan fingerprint density at radius 3 is 2.30 bits per heavy atom. The Balaban J connectivity index is 1.67. The van der Waals surface area contributed by atoms with E-state index >= 15 is 0 Å². The van der Waals surface area contributed by atoms with E-state index in [1.807, 2.05) is 6.92 Å². The van der Waals surface area contributed by atoms with Gasteiger partial charge in [0.15, 0.2) is 0 Å². The minimum absolute atomic E-state index is 0.00571. The second-order valence-corrected chi connectivity index (χ2v) is 10.9. The van der Waals surface area contributed by atoms with Crippen molar-refractivity contribution in [1.29, 1.82) is 0 Å². The summed E-state index contributed by atoms with van der Waals surface area (Å²) in [5.74, 6) is 1.13. The van der Waals surface area contributed by atoms with Crippen LogP contribution in [-0.4, -0.2) is 56.6 Å². The average Bonchev–Trinajstić information content (AvgIpc) is 2.82. The summed E-state index contributed by atoms with van der Waals surface area (Å²) in [7, 11) is 0. The van der Waals surface area contributed by atoms with Crippen molar-refractivity contribution in [2.45, 2.75) is 83.7 Å². The number of fused-ring (bicyclic) bond motifs is 5. The summed E-state index contributed by atoms with van der Waals surface area (Å²) in [6.45, 7) is 6.53. The molecule has 5 nitrogen and oxygen atoms in total. The molecule has 5 N–H and O–H groups in total. The van der Waals surface area contributed by atoms with Crippen molar-refractivity contribution in [3.8, 4) is 0 Å². The van der Waals surface area contributed by atoms with Gasteiger partial charge in [0.05, 0.1) is 24.4 Å². The molecule has 0 bridgehead atoms. The largest absolute Gasteiger partial charge is 0.396 e. The van der Waals surface area contributed by atoms with Gasteiger partial charge in [-0.1, -0.05) is 20.8 Å². The van der Waals surface area contributed by atoms with Gasteiger partial charge in [-0.15, -0.1) is 0 Å². The van der Waals surface area contributed by atoms with Crippen LogP contribution in [0.5, 0.6) is 0 Å². The van der Waals surface area contributed by atoms with Crippen molar-refractivity contribution in [1.82, 2.24) is 0 Å². The first-order valence-electron chi connectivity index (χ1n) is 11.0. The molecular formula is C22H38O5. The SMILES string of the molecule is C[C@H](CO)[C@H]1[C@H](O)[C@@H](O)[C@H]2C3CCC4C[C@@H](O)[C@H](O)C[C@]4(C)C3CC[C@]12C. The van der Waals surface area contributed by atoms with Crippen LogP contribution in [0.3, 0.4) is 0 Å². The van der Waals surface area contributed by atoms with E-state index < -0.39 is 24.4 Å². The zero-order valence-corrected chi connectivity index (χ0v) is 17.0. The second-order valence-electron chi connectivity index (χ2n) is 10.9. The Labute approximate surface area is 162 Å². The van der Waals surface area contributed by atoms with Gasteiger partial charge < -0.3 is 25.5 Å². The van der Waals surface area contributed by atoms with E-state index in [1.54, 1.807) is 0 Å². The summed E-state index contributed by atoms with van der Waals surface area (Å²) >= 11 is 0. The van der Waals surface area contributed by atoms with E-state index in [1.165, 1.54) is 0 Å². The van der Waals surface area contributed by atoms with Gasteiger partial charge in [0.25, 0.3) is 0 Å². The van der Waals surface area contributed by atoms with Crippen molar-refractivity contribution in [2.24, 2.45) is 46.3 Å². The van der Waals surface area contributed by atoms with Crippen LogP contribution in [0.2, 0.25) is 0 Å². The van der Waals surface area contributed by atoms with Crippen LogP contribution in [0.15, 0.2) is 0 Å². The molecule has 4 saturated carbocycles. The fraction of sp³-hybridized carbons (Fsp3) is 1.00. The lowest BCUT2D eigenvalue weighted by Gasteiger charge is -2.61. The first kappa shape index (κ1) is 20.1. The summed E-state index contributed by atoms with van der Waals surface area (Å²) in [6.07, 6.45) is 2.59. The van der Waals surface area contributed by atoms with E-state index in [2.05, 4.69) is 13.8 Å². The highest BCUT2D eigenvalue weighted by Gasteiger charge is 2.66. The third kappa shape index (κ3) is 2.68. The molecule has 4 rings (SSSR count). The summed E-state index contributed by atoms with van der Waals surface area (Å²) in [5, 5.41) is 52.2. The quantitative estimate of drug-likeness (QED) is 0.499. The van der Waals surface area contributed by atoms with Crippen LogP contribution in [-0.2, 0) is 0 Å². The van der Waals surface area contributed by atoms with Crippen molar-refractivity contribution < 1.29 is 25.5 Å². The molecular weight excluding hydrogens is 344 g/mol. The van der Waals surface area contributed by atoms with E-state index in [0.717, 1.165) is 25.7 Å². The minimum Gasteiger partial charge on any atom is -0.396 e. The van der Waals surface area contributed by atoms with Gasteiger partial charge in [-0.3, -0.25) is 0 Å². The standard InChI is InChI=1S/C22H38O5/c1-11(10-23)17-19(26)20(27)18-13-5-4-12-8-15(24)16(25)9-22(12,3)14(13)6-7-21(17,18)2/h11-20,23-27H,4-10H2,1-3H3/t11-,12?,13?,14?,15-,16-,17+,18-,19+,20+,21-,22+/m1/s1. The third-order valence-corrected chi connectivity index (χ3v) is 9.73. The Kier molecular flexibility index (Phi) is 4.96. The number of aliphatic hydroxyl groups excluding tert-OH is 5. The molecule has 0 aromatic heterocycles. The fourth-order valence-corrected chi connectivity index (χ4v) is 8.50. The highest BCUT2D eigenvalue weighted by molar-refractivity contribution is 5.15. The maximum atomic E-state index is 11.1. The lowest BCUT2D eigenvalue weighted by Crippen LogP contribution is -2.57. The molecule has 0 aromatic carbocycles. The smallest absolute Gasteiger partial charge is 0.0838 e. The highest BCUT2D eigenvalue weighted by Crippen LogP contribution is 2.68. The van der Waals surface area contributed by atoms with E-state index in [4.69, 9.17) is 0 Å². The molecule has 4 fully saturated rings. The molecule has 156 valence electrons. The van der Waals surface area contributed by atoms with Crippen molar-refractivity contribution in [2.75, 3.05) is 6.61 Å². The summed E-state index contributed by atoms with van der Waals surface area (Å²) < 4.78 is 0. The van der Waals surface area contributed by atoms with E-state index in [9.17, 15) is 25.5 Å². The van der Waals surface area contributed by atoms with E-state index in [0.29, 0.717) is 30.6 Å². The normalized spacial score (nSPS) is 58.9. The molecule has 3 unspecified atom stereocenters. The second kappa shape index (κ2) is 6.66. The molecule has 4 aliphatic rings. The molecule has 0 saturated heterocycles. The van der Waals surface area contributed by atoms with Crippen LogP contribution < -0.4 is 0 Å². The molecule has 4 aliphatic carbocycles. The van der Waals surface area contributed by atoms with Gasteiger partial charge in [0, 0.05) is 6.61 Å². The van der Waals surface area contributed by atoms with Crippen LogP contribution in [0, 0.1) is 46.3 Å². The van der Waals surface area contributed by atoms with Gasteiger partial charge >= 0.3 is 0 Å². The molecule has 0 aliphatic heterocycles. The number of aliphatic hydroxyl groups is 5. The zero-order chi connectivity index (χ0) is 19.7. The lowest BCUT2D eigenvalue weighted by molar-refractivity contribution is -0.169. The van der Waals surface area contributed by atoms with Crippen molar-refractivity contribution in [3.05, 3.63) is 0 Å². The van der Waals surface area contributed by atoms with Crippen LogP contribution in [0.25, 0.3) is 0 Å². The Morgan fingerprint density at radius 1 is 0.926 bits per heavy atom. The molecule has 0 amide bonds. The van der Waals surface area contributed by atoms with E-state index in [-0.39, 0.29) is 35.2 Å². The average molecular weight is 383 g/mol. The summed E-state index contributed by atoms with van der Waals surface area (Å²) in [5.41, 5.74) is -0.160. The Bertz CT molecular complexity index is 569. The molecule has 0 radical (unpaired) electrons.